The fraction of sp³-hybridized carbons (Fsp3) is 0.462. The summed E-state index contributed by atoms with van der Waals surface area (Å²) in [6.07, 6.45) is 0.571. The molecule has 4 nitrogen and oxygen atoms in total. The molecule has 98 valence electrons. The summed E-state index contributed by atoms with van der Waals surface area (Å²) in [5.41, 5.74) is 0.532. The highest BCUT2D eigenvalue weighted by molar-refractivity contribution is 7.91. The Hall–Kier alpha value is -1.36. The SMILES string of the molecule is CCC(=O)c1ccccc1OC1CCS(=O)(=O)C1. The summed E-state index contributed by atoms with van der Waals surface area (Å²) in [4.78, 5) is 11.7. The van der Waals surface area contributed by atoms with Gasteiger partial charge in [0.15, 0.2) is 15.6 Å². The van der Waals surface area contributed by atoms with Gasteiger partial charge < -0.3 is 4.74 Å². The molecule has 1 heterocycles. The summed E-state index contributed by atoms with van der Waals surface area (Å²) in [5, 5.41) is 0. The van der Waals surface area contributed by atoms with E-state index in [-0.39, 0.29) is 23.4 Å². The smallest absolute Gasteiger partial charge is 0.166 e. The molecule has 0 N–H and O–H groups in total. The molecule has 1 saturated heterocycles. The van der Waals surface area contributed by atoms with Gasteiger partial charge in [-0.2, -0.15) is 0 Å². The topological polar surface area (TPSA) is 60.4 Å². The van der Waals surface area contributed by atoms with Crippen LogP contribution in [-0.4, -0.2) is 31.8 Å². The molecule has 0 aromatic heterocycles. The van der Waals surface area contributed by atoms with E-state index in [0.717, 1.165) is 0 Å². The van der Waals surface area contributed by atoms with Crippen molar-refractivity contribution in [3.8, 4) is 5.75 Å². The van der Waals surface area contributed by atoms with Gasteiger partial charge in [0, 0.05) is 6.42 Å². The van der Waals surface area contributed by atoms with Crippen molar-refractivity contribution in [1.29, 1.82) is 0 Å². The van der Waals surface area contributed by atoms with Crippen LogP contribution in [0.25, 0.3) is 0 Å². The van der Waals surface area contributed by atoms with Gasteiger partial charge in [-0.25, -0.2) is 8.42 Å². The van der Waals surface area contributed by atoms with Gasteiger partial charge in [0.25, 0.3) is 0 Å². The van der Waals surface area contributed by atoms with Crippen LogP contribution in [0.5, 0.6) is 5.75 Å². The minimum atomic E-state index is -2.96. The number of para-hydroxylation sites is 1. The van der Waals surface area contributed by atoms with Gasteiger partial charge in [-0.1, -0.05) is 19.1 Å². The Morgan fingerprint density at radius 3 is 2.72 bits per heavy atom. The molecule has 1 aromatic rings. The third kappa shape index (κ3) is 2.90. The number of rotatable bonds is 4. The van der Waals surface area contributed by atoms with E-state index >= 15 is 0 Å². The highest BCUT2D eigenvalue weighted by Crippen LogP contribution is 2.24. The van der Waals surface area contributed by atoms with Crippen molar-refractivity contribution in [2.45, 2.75) is 25.9 Å². The zero-order valence-electron chi connectivity index (χ0n) is 10.3. The van der Waals surface area contributed by atoms with Crippen LogP contribution >= 0.6 is 0 Å². The van der Waals surface area contributed by atoms with Crippen LogP contribution in [0.3, 0.4) is 0 Å². The quantitative estimate of drug-likeness (QED) is 0.782. The van der Waals surface area contributed by atoms with E-state index in [1.54, 1.807) is 31.2 Å². The van der Waals surface area contributed by atoms with Gasteiger partial charge in [-0.15, -0.1) is 0 Å². The molecule has 5 heteroatoms. The molecular formula is C13H16O4S. The number of ketones is 1. The van der Waals surface area contributed by atoms with E-state index in [0.29, 0.717) is 24.2 Å². The summed E-state index contributed by atoms with van der Waals surface area (Å²) in [5.74, 6) is 0.710. The van der Waals surface area contributed by atoms with Crippen molar-refractivity contribution in [1.82, 2.24) is 0 Å². The average Bonchev–Trinajstić information content (AvgIpc) is 2.68. The normalized spacial score (nSPS) is 21.7. The van der Waals surface area contributed by atoms with Crippen LogP contribution < -0.4 is 4.74 Å². The second-order valence-electron chi connectivity index (χ2n) is 4.42. The number of benzene rings is 1. The molecule has 0 aliphatic carbocycles. The minimum absolute atomic E-state index is 0.00598. The monoisotopic (exact) mass is 268 g/mol. The van der Waals surface area contributed by atoms with Crippen molar-refractivity contribution in [3.63, 3.8) is 0 Å². The first kappa shape index (κ1) is 13.1. The van der Waals surface area contributed by atoms with Gasteiger partial charge in [0.2, 0.25) is 0 Å². The summed E-state index contributed by atoms with van der Waals surface area (Å²) in [7, 11) is -2.96. The van der Waals surface area contributed by atoms with E-state index < -0.39 is 9.84 Å². The lowest BCUT2D eigenvalue weighted by Gasteiger charge is -2.14. The van der Waals surface area contributed by atoms with E-state index in [1.807, 2.05) is 0 Å². The highest BCUT2D eigenvalue weighted by atomic mass is 32.2. The summed E-state index contributed by atoms with van der Waals surface area (Å²) in [6.45, 7) is 1.79. The largest absolute Gasteiger partial charge is 0.489 e. The molecule has 0 saturated carbocycles. The molecule has 1 aliphatic heterocycles. The molecule has 0 bridgehead atoms. The van der Waals surface area contributed by atoms with Gasteiger partial charge in [-0.05, 0) is 18.6 Å². The fourth-order valence-corrected chi connectivity index (χ4v) is 3.61. The molecule has 1 fully saturated rings. The Morgan fingerprint density at radius 1 is 1.39 bits per heavy atom. The van der Waals surface area contributed by atoms with E-state index in [2.05, 4.69) is 0 Å². The minimum Gasteiger partial charge on any atom is -0.489 e. The van der Waals surface area contributed by atoms with Gasteiger partial charge in [-0.3, -0.25) is 4.79 Å². The summed E-state index contributed by atoms with van der Waals surface area (Å²) >= 11 is 0. The fourth-order valence-electron chi connectivity index (χ4n) is 2.02. The van der Waals surface area contributed by atoms with E-state index in [1.165, 1.54) is 0 Å². The Bertz CT molecular complexity index is 548. The number of hydrogen-bond donors (Lipinski definition) is 0. The molecule has 18 heavy (non-hydrogen) atoms. The number of carbonyl (C=O) groups is 1. The summed E-state index contributed by atoms with van der Waals surface area (Å²) in [6, 6.07) is 6.99. The second kappa shape index (κ2) is 5.10. The molecule has 0 radical (unpaired) electrons. The Labute approximate surface area is 107 Å². The molecule has 1 aromatic carbocycles. The zero-order valence-corrected chi connectivity index (χ0v) is 11.1. The lowest BCUT2D eigenvalue weighted by atomic mass is 10.1. The third-order valence-corrected chi connectivity index (χ3v) is 4.73. The molecule has 0 spiro atoms. The van der Waals surface area contributed by atoms with Crippen molar-refractivity contribution in [3.05, 3.63) is 29.8 Å². The number of hydrogen-bond acceptors (Lipinski definition) is 4. The molecule has 0 amide bonds. The van der Waals surface area contributed by atoms with E-state index in [9.17, 15) is 13.2 Å². The van der Waals surface area contributed by atoms with Gasteiger partial charge >= 0.3 is 0 Å². The number of sulfone groups is 1. The van der Waals surface area contributed by atoms with Gasteiger partial charge in [0.05, 0.1) is 17.1 Å². The summed E-state index contributed by atoms with van der Waals surface area (Å²) < 4.78 is 28.4. The molecule has 1 aliphatic rings. The first-order valence-corrected chi connectivity index (χ1v) is 7.83. The Kier molecular flexibility index (Phi) is 3.71. The molecule has 1 atom stereocenters. The predicted octanol–water partition coefficient (Wildman–Crippen LogP) is 1.85. The maximum Gasteiger partial charge on any atom is 0.166 e. The number of carbonyl (C=O) groups excluding carboxylic acids is 1. The van der Waals surface area contributed by atoms with Crippen molar-refractivity contribution >= 4 is 15.6 Å². The predicted molar refractivity (Wildman–Crippen MR) is 68.8 cm³/mol. The maximum absolute atomic E-state index is 11.7. The second-order valence-corrected chi connectivity index (χ2v) is 6.64. The first-order valence-electron chi connectivity index (χ1n) is 6.01. The zero-order chi connectivity index (χ0) is 13.2. The third-order valence-electron chi connectivity index (χ3n) is 2.99. The standard InChI is InChI=1S/C13H16O4S/c1-2-12(14)11-5-3-4-6-13(11)17-10-7-8-18(15,16)9-10/h3-6,10H,2,7-9H2,1H3. The van der Waals surface area contributed by atoms with Crippen molar-refractivity contribution < 1.29 is 17.9 Å². The molecule has 2 rings (SSSR count). The average molecular weight is 268 g/mol. The molecule has 1 unspecified atom stereocenters. The van der Waals surface area contributed by atoms with Crippen LogP contribution in [-0.2, 0) is 9.84 Å². The lowest BCUT2D eigenvalue weighted by Crippen LogP contribution is -2.19. The Balaban J connectivity index is 2.17. The van der Waals surface area contributed by atoms with Gasteiger partial charge in [0.1, 0.15) is 11.9 Å². The Morgan fingerprint density at radius 2 is 2.11 bits per heavy atom. The first-order chi connectivity index (χ1) is 8.52. The van der Waals surface area contributed by atoms with Crippen molar-refractivity contribution in [2.24, 2.45) is 0 Å². The lowest BCUT2D eigenvalue weighted by molar-refractivity contribution is 0.0982. The highest BCUT2D eigenvalue weighted by Gasteiger charge is 2.30. The number of Topliss-reactive ketones (excluding diaryl/α,β-unsaturated/α-hetero) is 1. The van der Waals surface area contributed by atoms with Crippen molar-refractivity contribution in [2.75, 3.05) is 11.5 Å². The van der Waals surface area contributed by atoms with Crippen LogP contribution in [0.4, 0.5) is 0 Å². The number of ether oxygens (including phenoxy) is 1. The van der Waals surface area contributed by atoms with Crippen LogP contribution in [0.15, 0.2) is 24.3 Å². The van der Waals surface area contributed by atoms with Crippen LogP contribution in [0.1, 0.15) is 30.1 Å². The van der Waals surface area contributed by atoms with Crippen LogP contribution in [0, 0.1) is 0 Å². The van der Waals surface area contributed by atoms with E-state index in [4.69, 9.17) is 4.74 Å². The molecular weight excluding hydrogens is 252 g/mol. The van der Waals surface area contributed by atoms with Crippen LogP contribution in [0.2, 0.25) is 0 Å². The maximum atomic E-state index is 11.7.